The summed E-state index contributed by atoms with van der Waals surface area (Å²) in [5, 5.41) is 0. The molecule has 18 heavy (non-hydrogen) atoms. The van der Waals surface area contributed by atoms with E-state index in [4.69, 9.17) is 10.5 Å². The van der Waals surface area contributed by atoms with E-state index in [-0.39, 0.29) is 5.82 Å². The van der Waals surface area contributed by atoms with Gasteiger partial charge >= 0.3 is 0 Å². The third-order valence-electron chi connectivity index (χ3n) is 4.02. The fraction of sp³-hybridized carbons (Fsp3) is 0.600. The minimum Gasteiger partial charge on any atom is -0.376 e. The van der Waals surface area contributed by atoms with Gasteiger partial charge in [0.1, 0.15) is 5.82 Å². The Hall–Kier alpha value is -0.930. The SMILES string of the molecule is Cc1ccc(F)cc1COCC1CCCC1CN. The van der Waals surface area contributed by atoms with Crippen LogP contribution in [0.5, 0.6) is 0 Å². The molecule has 0 radical (unpaired) electrons. The van der Waals surface area contributed by atoms with Gasteiger partial charge in [-0.2, -0.15) is 0 Å². The van der Waals surface area contributed by atoms with Crippen LogP contribution in [0.15, 0.2) is 18.2 Å². The third-order valence-corrected chi connectivity index (χ3v) is 4.02. The molecule has 2 atom stereocenters. The molecule has 2 nitrogen and oxygen atoms in total. The predicted octanol–water partition coefficient (Wildman–Crippen LogP) is 3.03. The number of benzene rings is 1. The van der Waals surface area contributed by atoms with Crippen LogP contribution in [0.1, 0.15) is 30.4 Å². The van der Waals surface area contributed by atoms with Gasteiger partial charge in [0, 0.05) is 0 Å². The first-order valence-corrected chi connectivity index (χ1v) is 6.73. The molecule has 100 valence electrons. The molecule has 0 bridgehead atoms. The molecule has 1 aliphatic rings. The molecule has 2 unspecified atom stereocenters. The molecule has 3 heteroatoms. The molecule has 0 spiro atoms. The molecule has 0 aliphatic heterocycles. The molecule has 1 saturated carbocycles. The summed E-state index contributed by atoms with van der Waals surface area (Å²) >= 11 is 0. The maximum atomic E-state index is 13.1. The number of nitrogens with two attached hydrogens (primary N) is 1. The van der Waals surface area contributed by atoms with Gasteiger partial charge in [-0.05, 0) is 61.4 Å². The zero-order valence-corrected chi connectivity index (χ0v) is 11.0. The van der Waals surface area contributed by atoms with Crippen molar-refractivity contribution in [3.63, 3.8) is 0 Å². The Labute approximate surface area is 108 Å². The second kappa shape index (κ2) is 6.30. The van der Waals surface area contributed by atoms with Crippen LogP contribution in [0.4, 0.5) is 4.39 Å². The van der Waals surface area contributed by atoms with Crippen LogP contribution in [-0.4, -0.2) is 13.2 Å². The number of ether oxygens (including phenoxy) is 1. The largest absolute Gasteiger partial charge is 0.376 e. The average Bonchev–Trinajstić information content (AvgIpc) is 2.81. The Morgan fingerprint density at radius 2 is 2.11 bits per heavy atom. The minimum atomic E-state index is -0.195. The van der Waals surface area contributed by atoms with Gasteiger partial charge in [0.2, 0.25) is 0 Å². The summed E-state index contributed by atoms with van der Waals surface area (Å²) in [6.45, 7) is 3.98. The summed E-state index contributed by atoms with van der Waals surface area (Å²) in [6, 6.07) is 4.84. The van der Waals surface area contributed by atoms with Gasteiger partial charge in [0.25, 0.3) is 0 Å². The van der Waals surface area contributed by atoms with Crippen molar-refractivity contribution in [3.05, 3.63) is 35.1 Å². The van der Waals surface area contributed by atoms with Crippen LogP contribution >= 0.6 is 0 Å². The first-order valence-electron chi connectivity index (χ1n) is 6.73. The Morgan fingerprint density at radius 3 is 2.89 bits per heavy atom. The summed E-state index contributed by atoms with van der Waals surface area (Å²) in [4.78, 5) is 0. The van der Waals surface area contributed by atoms with Crippen LogP contribution in [-0.2, 0) is 11.3 Å². The molecular formula is C15H22FNO. The summed E-state index contributed by atoms with van der Waals surface area (Å²) in [7, 11) is 0. The summed E-state index contributed by atoms with van der Waals surface area (Å²) in [5.74, 6) is 1.00. The molecule has 0 aromatic heterocycles. The van der Waals surface area contributed by atoms with E-state index < -0.39 is 0 Å². The Balaban J connectivity index is 1.83. The zero-order valence-electron chi connectivity index (χ0n) is 11.0. The molecule has 2 N–H and O–H groups in total. The molecule has 0 amide bonds. The lowest BCUT2D eigenvalue weighted by molar-refractivity contribution is 0.0749. The first-order chi connectivity index (χ1) is 8.70. The van der Waals surface area contributed by atoms with Crippen molar-refractivity contribution < 1.29 is 9.13 Å². The molecule has 2 rings (SSSR count). The standard InChI is InChI=1S/C15H22FNO/c1-11-5-6-15(16)7-14(11)10-18-9-13-4-2-3-12(13)8-17/h5-7,12-13H,2-4,8-10,17H2,1H3. The van der Waals surface area contributed by atoms with Crippen LogP contribution in [0.2, 0.25) is 0 Å². The van der Waals surface area contributed by atoms with Crippen LogP contribution in [0, 0.1) is 24.6 Å². The molecule has 1 fully saturated rings. The summed E-state index contributed by atoms with van der Waals surface area (Å²) < 4.78 is 18.9. The molecular weight excluding hydrogens is 229 g/mol. The first kappa shape index (κ1) is 13.5. The van der Waals surface area contributed by atoms with E-state index in [1.165, 1.54) is 25.3 Å². The number of rotatable bonds is 5. The van der Waals surface area contributed by atoms with E-state index in [9.17, 15) is 4.39 Å². The highest BCUT2D eigenvalue weighted by atomic mass is 19.1. The minimum absolute atomic E-state index is 0.195. The van der Waals surface area contributed by atoms with Crippen molar-refractivity contribution in [2.24, 2.45) is 17.6 Å². The predicted molar refractivity (Wildman–Crippen MR) is 70.7 cm³/mol. The van der Waals surface area contributed by atoms with Crippen molar-refractivity contribution in [3.8, 4) is 0 Å². The van der Waals surface area contributed by atoms with E-state index in [0.717, 1.165) is 24.3 Å². The monoisotopic (exact) mass is 251 g/mol. The fourth-order valence-electron chi connectivity index (χ4n) is 2.76. The van der Waals surface area contributed by atoms with Crippen molar-refractivity contribution in [2.75, 3.05) is 13.2 Å². The lowest BCUT2D eigenvalue weighted by atomic mass is 9.97. The topological polar surface area (TPSA) is 35.2 Å². The highest BCUT2D eigenvalue weighted by Gasteiger charge is 2.25. The van der Waals surface area contributed by atoms with Crippen molar-refractivity contribution in [1.82, 2.24) is 0 Å². The maximum absolute atomic E-state index is 13.1. The van der Waals surface area contributed by atoms with E-state index in [1.807, 2.05) is 6.92 Å². The number of aryl methyl sites for hydroxylation is 1. The summed E-state index contributed by atoms with van der Waals surface area (Å²) in [6.07, 6.45) is 3.70. The highest BCUT2D eigenvalue weighted by molar-refractivity contribution is 5.25. The fourth-order valence-corrected chi connectivity index (χ4v) is 2.76. The van der Waals surface area contributed by atoms with Gasteiger partial charge in [0.15, 0.2) is 0 Å². The van der Waals surface area contributed by atoms with Crippen molar-refractivity contribution >= 4 is 0 Å². The average molecular weight is 251 g/mol. The van der Waals surface area contributed by atoms with Gasteiger partial charge in [-0.1, -0.05) is 12.5 Å². The molecule has 1 aromatic carbocycles. The van der Waals surface area contributed by atoms with Crippen LogP contribution in [0.25, 0.3) is 0 Å². The quantitative estimate of drug-likeness (QED) is 0.873. The lowest BCUT2D eigenvalue weighted by Crippen LogP contribution is -2.22. The zero-order chi connectivity index (χ0) is 13.0. The highest BCUT2D eigenvalue weighted by Crippen LogP contribution is 2.31. The number of halogens is 1. The molecule has 1 aliphatic carbocycles. The van der Waals surface area contributed by atoms with E-state index >= 15 is 0 Å². The van der Waals surface area contributed by atoms with Gasteiger partial charge in [0.05, 0.1) is 13.2 Å². The number of hydrogen-bond acceptors (Lipinski definition) is 2. The Bertz CT molecular complexity index is 394. The Kier molecular flexibility index (Phi) is 4.72. The Morgan fingerprint density at radius 1 is 1.33 bits per heavy atom. The lowest BCUT2D eigenvalue weighted by Gasteiger charge is -2.18. The van der Waals surface area contributed by atoms with Gasteiger partial charge in [-0.25, -0.2) is 4.39 Å². The van der Waals surface area contributed by atoms with Gasteiger partial charge in [-0.15, -0.1) is 0 Å². The molecule has 0 saturated heterocycles. The van der Waals surface area contributed by atoms with E-state index in [2.05, 4.69) is 0 Å². The number of hydrogen-bond donors (Lipinski definition) is 1. The maximum Gasteiger partial charge on any atom is 0.123 e. The van der Waals surface area contributed by atoms with Gasteiger partial charge in [-0.3, -0.25) is 0 Å². The van der Waals surface area contributed by atoms with E-state index in [0.29, 0.717) is 18.4 Å². The van der Waals surface area contributed by atoms with Crippen molar-refractivity contribution in [1.29, 1.82) is 0 Å². The van der Waals surface area contributed by atoms with Gasteiger partial charge < -0.3 is 10.5 Å². The smallest absolute Gasteiger partial charge is 0.123 e. The molecule has 1 aromatic rings. The second-order valence-electron chi connectivity index (χ2n) is 5.27. The van der Waals surface area contributed by atoms with Crippen LogP contribution in [0.3, 0.4) is 0 Å². The van der Waals surface area contributed by atoms with Crippen LogP contribution < -0.4 is 5.73 Å². The second-order valence-corrected chi connectivity index (χ2v) is 5.27. The van der Waals surface area contributed by atoms with Crippen molar-refractivity contribution in [2.45, 2.75) is 32.8 Å². The van der Waals surface area contributed by atoms with E-state index in [1.54, 1.807) is 12.1 Å². The third kappa shape index (κ3) is 3.30. The summed E-state index contributed by atoms with van der Waals surface area (Å²) in [5.41, 5.74) is 7.77. The normalized spacial score (nSPS) is 23.5. The molecule has 0 heterocycles.